The Morgan fingerprint density at radius 1 is 1.00 bits per heavy atom. The lowest BCUT2D eigenvalue weighted by atomic mass is 9.95. The summed E-state index contributed by atoms with van der Waals surface area (Å²) in [5, 5.41) is 3.19. The third-order valence-electron chi connectivity index (χ3n) is 6.66. The van der Waals surface area contributed by atoms with Crippen LogP contribution in [0.15, 0.2) is 42.5 Å². The van der Waals surface area contributed by atoms with Crippen LogP contribution in [0.4, 0.5) is 0 Å². The molecule has 0 aromatic heterocycles. The lowest BCUT2D eigenvalue weighted by molar-refractivity contribution is -0.141. The van der Waals surface area contributed by atoms with Gasteiger partial charge in [-0.25, -0.2) is 0 Å². The first kappa shape index (κ1) is 23.1. The van der Waals surface area contributed by atoms with E-state index in [1.165, 1.54) is 12.0 Å². The molecule has 1 fully saturated rings. The molecule has 2 aromatic carbocycles. The lowest BCUT2D eigenvalue weighted by Crippen LogP contribution is -2.50. The Morgan fingerprint density at radius 2 is 1.70 bits per heavy atom. The Bertz CT molecular complexity index is 967. The molecular weight excluding hydrogens is 416 g/mol. The second kappa shape index (κ2) is 10.7. The van der Waals surface area contributed by atoms with Crippen molar-refractivity contribution in [3.8, 4) is 11.5 Å². The summed E-state index contributed by atoms with van der Waals surface area (Å²) in [5.41, 5.74) is 3.21. The fourth-order valence-corrected chi connectivity index (χ4v) is 4.53. The monoisotopic (exact) mass is 450 g/mol. The third kappa shape index (κ3) is 6.06. The van der Waals surface area contributed by atoms with Crippen molar-refractivity contribution >= 4 is 11.8 Å². The molecular formula is C27H34N2O4. The van der Waals surface area contributed by atoms with Gasteiger partial charge in [0.15, 0.2) is 11.5 Å². The summed E-state index contributed by atoms with van der Waals surface area (Å²) < 4.78 is 10.8. The van der Waals surface area contributed by atoms with E-state index in [0.29, 0.717) is 19.4 Å². The number of nitrogens with one attached hydrogen (secondary N) is 1. The maximum absolute atomic E-state index is 13.3. The zero-order valence-corrected chi connectivity index (χ0v) is 19.6. The number of hydrogen-bond acceptors (Lipinski definition) is 4. The highest BCUT2D eigenvalue weighted by Crippen LogP contribution is 2.32. The number of hydrogen-bond donors (Lipinski definition) is 1. The van der Waals surface area contributed by atoms with Gasteiger partial charge in [0, 0.05) is 19.0 Å². The Hall–Kier alpha value is -3.02. The van der Waals surface area contributed by atoms with E-state index in [2.05, 4.69) is 5.32 Å². The van der Waals surface area contributed by atoms with Crippen LogP contribution in [0.1, 0.15) is 62.1 Å². The predicted molar refractivity (Wildman–Crippen MR) is 127 cm³/mol. The molecule has 0 radical (unpaired) electrons. The fourth-order valence-electron chi connectivity index (χ4n) is 4.53. The van der Waals surface area contributed by atoms with Gasteiger partial charge in [-0.1, -0.05) is 55.2 Å². The van der Waals surface area contributed by atoms with E-state index >= 15 is 0 Å². The van der Waals surface area contributed by atoms with Crippen LogP contribution in [0.5, 0.6) is 11.5 Å². The molecule has 6 nitrogen and oxygen atoms in total. The quantitative estimate of drug-likeness (QED) is 0.642. The normalized spacial score (nSPS) is 16.3. The van der Waals surface area contributed by atoms with Crippen molar-refractivity contribution in [2.75, 3.05) is 6.79 Å². The van der Waals surface area contributed by atoms with Crippen LogP contribution in [0.25, 0.3) is 0 Å². The molecule has 1 aliphatic carbocycles. The highest BCUT2D eigenvalue weighted by Gasteiger charge is 2.28. The van der Waals surface area contributed by atoms with Crippen LogP contribution in [0, 0.1) is 6.92 Å². The first-order valence-electron chi connectivity index (χ1n) is 12.0. The maximum atomic E-state index is 13.3. The average Bonchev–Trinajstić information content (AvgIpc) is 3.30. The highest BCUT2D eigenvalue weighted by atomic mass is 16.7. The number of benzene rings is 2. The van der Waals surface area contributed by atoms with Crippen molar-refractivity contribution < 1.29 is 19.1 Å². The van der Waals surface area contributed by atoms with Crippen LogP contribution >= 0.6 is 0 Å². The minimum Gasteiger partial charge on any atom is -0.454 e. The predicted octanol–water partition coefficient (Wildman–Crippen LogP) is 4.52. The van der Waals surface area contributed by atoms with Crippen LogP contribution in [-0.2, 0) is 22.6 Å². The van der Waals surface area contributed by atoms with Gasteiger partial charge >= 0.3 is 0 Å². The first-order chi connectivity index (χ1) is 16.0. The molecule has 1 N–H and O–H groups in total. The van der Waals surface area contributed by atoms with Gasteiger partial charge in [0.2, 0.25) is 18.6 Å². The number of fused-ring (bicyclic) bond motifs is 1. The Morgan fingerprint density at radius 3 is 2.45 bits per heavy atom. The Balaban J connectivity index is 1.44. The van der Waals surface area contributed by atoms with E-state index in [4.69, 9.17) is 9.47 Å². The summed E-state index contributed by atoms with van der Waals surface area (Å²) in [5.74, 6) is 1.36. The SMILES string of the molecule is Cc1ccc(CN(C(=O)CCc2ccc3c(c2)OCO3)[C@@H](C)C(=O)NC2CCCCC2)cc1. The first-order valence-corrected chi connectivity index (χ1v) is 12.0. The number of ether oxygens (including phenoxy) is 2. The average molecular weight is 451 g/mol. The van der Waals surface area contributed by atoms with E-state index in [1.807, 2.05) is 56.3 Å². The number of nitrogens with zero attached hydrogens (tertiary/aromatic N) is 1. The molecule has 1 heterocycles. The van der Waals surface area contributed by atoms with Gasteiger partial charge in [-0.2, -0.15) is 0 Å². The molecule has 2 amide bonds. The van der Waals surface area contributed by atoms with E-state index in [1.54, 1.807) is 4.90 Å². The number of rotatable bonds is 8. The van der Waals surface area contributed by atoms with Crippen molar-refractivity contribution in [2.24, 2.45) is 0 Å². The summed E-state index contributed by atoms with van der Waals surface area (Å²) in [6.07, 6.45) is 6.49. The smallest absolute Gasteiger partial charge is 0.242 e. The molecule has 1 aliphatic heterocycles. The van der Waals surface area contributed by atoms with Crippen LogP contribution in [0.2, 0.25) is 0 Å². The van der Waals surface area contributed by atoms with Gasteiger partial charge in [0.05, 0.1) is 0 Å². The summed E-state index contributed by atoms with van der Waals surface area (Å²) in [4.78, 5) is 28.1. The molecule has 2 aliphatic rings. The van der Waals surface area contributed by atoms with Gasteiger partial charge in [-0.15, -0.1) is 0 Å². The van der Waals surface area contributed by atoms with Crippen LogP contribution in [-0.4, -0.2) is 35.6 Å². The number of carbonyl (C=O) groups is 2. The lowest BCUT2D eigenvalue weighted by Gasteiger charge is -2.31. The maximum Gasteiger partial charge on any atom is 0.242 e. The largest absolute Gasteiger partial charge is 0.454 e. The molecule has 1 atom stereocenters. The zero-order chi connectivity index (χ0) is 23.2. The molecule has 0 spiro atoms. The molecule has 0 bridgehead atoms. The van der Waals surface area contributed by atoms with E-state index in [0.717, 1.165) is 48.3 Å². The molecule has 2 aromatic rings. The molecule has 1 saturated carbocycles. The van der Waals surface area contributed by atoms with Gasteiger partial charge in [-0.05, 0) is 56.4 Å². The third-order valence-corrected chi connectivity index (χ3v) is 6.66. The van der Waals surface area contributed by atoms with Crippen molar-refractivity contribution in [2.45, 2.75) is 77.4 Å². The summed E-state index contributed by atoms with van der Waals surface area (Å²) in [7, 11) is 0. The Labute approximate surface area is 196 Å². The zero-order valence-electron chi connectivity index (χ0n) is 19.6. The Kier molecular flexibility index (Phi) is 7.53. The molecule has 0 saturated heterocycles. The topological polar surface area (TPSA) is 67.9 Å². The van der Waals surface area contributed by atoms with Gasteiger partial charge < -0.3 is 19.7 Å². The minimum atomic E-state index is -0.530. The summed E-state index contributed by atoms with van der Waals surface area (Å²) in [6.45, 7) is 4.53. The van der Waals surface area contributed by atoms with Gasteiger partial charge in [0.1, 0.15) is 6.04 Å². The molecule has 33 heavy (non-hydrogen) atoms. The van der Waals surface area contributed by atoms with Gasteiger partial charge in [0.25, 0.3) is 0 Å². The number of carbonyl (C=O) groups excluding carboxylic acids is 2. The van der Waals surface area contributed by atoms with Gasteiger partial charge in [-0.3, -0.25) is 9.59 Å². The number of amides is 2. The van der Waals surface area contributed by atoms with Crippen molar-refractivity contribution in [3.63, 3.8) is 0 Å². The van der Waals surface area contributed by atoms with Crippen molar-refractivity contribution in [1.29, 1.82) is 0 Å². The minimum absolute atomic E-state index is 0.0282. The molecule has 176 valence electrons. The second-order valence-corrected chi connectivity index (χ2v) is 9.21. The second-order valence-electron chi connectivity index (χ2n) is 9.21. The van der Waals surface area contributed by atoms with Crippen molar-refractivity contribution in [1.82, 2.24) is 10.2 Å². The van der Waals surface area contributed by atoms with E-state index in [9.17, 15) is 9.59 Å². The van der Waals surface area contributed by atoms with Crippen LogP contribution < -0.4 is 14.8 Å². The standard InChI is InChI=1S/C27H34N2O4/c1-19-8-10-22(11-9-19)17-29(20(2)27(31)28-23-6-4-3-5-7-23)26(30)15-13-21-12-14-24-25(16-21)33-18-32-24/h8-12,14,16,20,23H,3-7,13,15,17-18H2,1-2H3,(H,28,31)/t20-/m0/s1. The molecule has 4 rings (SSSR count). The van der Waals surface area contributed by atoms with Crippen LogP contribution in [0.3, 0.4) is 0 Å². The summed E-state index contributed by atoms with van der Waals surface area (Å²) in [6, 6.07) is 13.6. The van der Waals surface area contributed by atoms with E-state index in [-0.39, 0.29) is 24.6 Å². The summed E-state index contributed by atoms with van der Waals surface area (Å²) >= 11 is 0. The fraction of sp³-hybridized carbons (Fsp3) is 0.481. The van der Waals surface area contributed by atoms with Crippen molar-refractivity contribution in [3.05, 3.63) is 59.2 Å². The molecule has 0 unspecified atom stereocenters. The highest BCUT2D eigenvalue weighted by molar-refractivity contribution is 5.87. The molecule has 6 heteroatoms. The van der Waals surface area contributed by atoms with E-state index < -0.39 is 6.04 Å². The number of aryl methyl sites for hydroxylation is 2.